The Morgan fingerprint density at radius 2 is 2.46 bits per heavy atom. The number of Topliss-reactive ketones (excluding diaryl/α,β-unsaturated/α-hetero) is 1. The van der Waals surface area contributed by atoms with Gasteiger partial charge in [-0.3, -0.25) is 9.48 Å². The molecule has 0 aliphatic rings. The molecule has 0 aromatic carbocycles. The number of hydrogen-bond donors (Lipinski definition) is 1. The van der Waals surface area contributed by atoms with Crippen molar-refractivity contribution >= 4 is 5.78 Å². The summed E-state index contributed by atoms with van der Waals surface area (Å²) in [7, 11) is 0. The molecule has 0 fully saturated rings. The molecule has 1 aromatic heterocycles. The molecule has 0 saturated carbocycles. The highest BCUT2D eigenvalue weighted by atomic mass is 16.1. The number of ketones is 1. The average Bonchev–Trinajstić information content (AvgIpc) is 2.52. The van der Waals surface area contributed by atoms with Crippen molar-refractivity contribution in [3.63, 3.8) is 0 Å². The van der Waals surface area contributed by atoms with Gasteiger partial charge in [0.2, 0.25) is 0 Å². The van der Waals surface area contributed by atoms with Gasteiger partial charge >= 0.3 is 0 Å². The molecule has 0 saturated heterocycles. The third-order valence-corrected chi connectivity index (χ3v) is 1.90. The second-order valence-electron chi connectivity index (χ2n) is 3.14. The van der Waals surface area contributed by atoms with Gasteiger partial charge in [-0.2, -0.15) is 5.10 Å². The van der Waals surface area contributed by atoms with E-state index in [0.717, 1.165) is 12.1 Å². The molecule has 72 valence electrons. The molecule has 0 bridgehead atoms. The van der Waals surface area contributed by atoms with Gasteiger partial charge in [-0.25, -0.2) is 0 Å². The van der Waals surface area contributed by atoms with Gasteiger partial charge < -0.3 is 5.73 Å². The first-order valence-electron chi connectivity index (χ1n) is 4.43. The third kappa shape index (κ3) is 2.66. The van der Waals surface area contributed by atoms with Crippen LogP contribution in [0.1, 0.15) is 19.4 Å². The minimum Gasteiger partial charge on any atom is -0.322 e. The Kier molecular flexibility index (Phi) is 3.19. The van der Waals surface area contributed by atoms with Crippen molar-refractivity contribution in [1.82, 2.24) is 9.78 Å². The molecule has 0 amide bonds. The Balaban J connectivity index is 2.59. The summed E-state index contributed by atoms with van der Waals surface area (Å²) in [4.78, 5) is 11.2. The summed E-state index contributed by atoms with van der Waals surface area (Å²) in [6.07, 6.45) is 3.97. The van der Waals surface area contributed by atoms with Crippen LogP contribution in [-0.4, -0.2) is 21.6 Å². The van der Waals surface area contributed by atoms with E-state index in [9.17, 15) is 4.79 Å². The number of aryl methyl sites for hydroxylation is 1. The van der Waals surface area contributed by atoms with Crippen molar-refractivity contribution in [2.24, 2.45) is 5.73 Å². The summed E-state index contributed by atoms with van der Waals surface area (Å²) >= 11 is 0. The van der Waals surface area contributed by atoms with Gasteiger partial charge in [0.05, 0.1) is 12.2 Å². The highest BCUT2D eigenvalue weighted by Crippen LogP contribution is 2.00. The minimum absolute atomic E-state index is 0.0515. The van der Waals surface area contributed by atoms with Gasteiger partial charge in [0.25, 0.3) is 0 Å². The summed E-state index contributed by atoms with van der Waals surface area (Å²) < 4.78 is 1.80. The van der Waals surface area contributed by atoms with Gasteiger partial charge in [0.15, 0.2) is 5.78 Å². The van der Waals surface area contributed by atoms with Crippen LogP contribution in [0.5, 0.6) is 0 Å². The molecule has 4 heteroatoms. The number of hydrogen-bond acceptors (Lipinski definition) is 3. The molecular weight excluding hydrogens is 166 g/mol. The Morgan fingerprint density at radius 1 is 1.77 bits per heavy atom. The molecule has 1 heterocycles. The molecule has 0 aliphatic heterocycles. The summed E-state index contributed by atoms with van der Waals surface area (Å²) in [5.41, 5.74) is 6.38. The van der Waals surface area contributed by atoms with E-state index >= 15 is 0 Å². The van der Waals surface area contributed by atoms with E-state index < -0.39 is 0 Å². The SMILES string of the molecule is CCn1cc(CC(=O)C(C)N)cn1. The highest BCUT2D eigenvalue weighted by molar-refractivity contribution is 5.85. The van der Waals surface area contributed by atoms with Crippen LogP contribution in [0, 0.1) is 0 Å². The lowest BCUT2D eigenvalue weighted by molar-refractivity contribution is -0.119. The minimum atomic E-state index is -0.384. The van der Waals surface area contributed by atoms with Crippen LogP contribution < -0.4 is 5.73 Å². The van der Waals surface area contributed by atoms with E-state index in [1.165, 1.54) is 0 Å². The molecule has 4 nitrogen and oxygen atoms in total. The van der Waals surface area contributed by atoms with Gasteiger partial charge in [-0.15, -0.1) is 0 Å². The van der Waals surface area contributed by atoms with Crippen LogP contribution in [0.4, 0.5) is 0 Å². The summed E-state index contributed by atoms with van der Waals surface area (Å²) in [6, 6.07) is -0.384. The van der Waals surface area contributed by atoms with Crippen molar-refractivity contribution < 1.29 is 4.79 Å². The second-order valence-corrected chi connectivity index (χ2v) is 3.14. The molecule has 0 radical (unpaired) electrons. The maximum atomic E-state index is 11.2. The smallest absolute Gasteiger partial charge is 0.153 e. The number of carbonyl (C=O) groups excluding carboxylic acids is 1. The topological polar surface area (TPSA) is 60.9 Å². The van der Waals surface area contributed by atoms with Crippen LogP contribution in [0.15, 0.2) is 12.4 Å². The summed E-state index contributed by atoms with van der Waals surface area (Å²) in [5, 5.41) is 4.07. The molecule has 1 atom stereocenters. The largest absolute Gasteiger partial charge is 0.322 e. The quantitative estimate of drug-likeness (QED) is 0.729. The first-order valence-corrected chi connectivity index (χ1v) is 4.43. The van der Waals surface area contributed by atoms with Crippen molar-refractivity contribution in [1.29, 1.82) is 0 Å². The average molecular weight is 181 g/mol. The standard InChI is InChI=1S/C9H15N3O/c1-3-12-6-8(5-11-12)4-9(13)7(2)10/h5-7H,3-4,10H2,1-2H3. The van der Waals surface area contributed by atoms with E-state index in [2.05, 4.69) is 5.10 Å². The number of rotatable bonds is 4. The van der Waals surface area contributed by atoms with Crippen molar-refractivity contribution in [2.75, 3.05) is 0 Å². The van der Waals surface area contributed by atoms with Gasteiger partial charge in [0.1, 0.15) is 0 Å². The second kappa shape index (κ2) is 4.18. The fraction of sp³-hybridized carbons (Fsp3) is 0.556. The lowest BCUT2D eigenvalue weighted by atomic mass is 10.1. The zero-order chi connectivity index (χ0) is 9.84. The summed E-state index contributed by atoms with van der Waals surface area (Å²) in [5.74, 6) is 0.0515. The zero-order valence-electron chi connectivity index (χ0n) is 8.03. The maximum absolute atomic E-state index is 11.2. The van der Waals surface area contributed by atoms with Crippen molar-refractivity contribution in [3.05, 3.63) is 18.0 Å². The number of nitrogens with two attached hydrogens (primary N) is 1. The Labute approximate surface area is 77.7 Å². The molecule has 1 aromatic rings. The van der Waals surface area contributed by atoms with Crippen LogP contribution in [0.2, 0.25) is 0 Å². The lowest BCUT2D eigenvalue weighted by Crippen LogP contribution is -2.27. The molecule has 0 spiro atoms. The maximum Gasteiger partial charge on any atom is 0.153 e. The predicted octanol–water partition coefficient (Wildman–Crippen LogP) is 0.362. The van der Waals surface area contributed by atoms with E-state index in [4.69, 9.17) is 5.73 Å². The van der Waals surface area contributed by atoms with Crippen molar-refractivity contribution in [3.8, 4) is 0 Å². The van der Waals surface area contributed by atoms with Crippen LogP contribution in [0.3, 0.4) is 0 Å². The Morgan fingerprint density at radius 3 is 2.92 bits per heavy atom. The molecule has 1 unspecified atom stereocenters. The Hall–Kier alpha value is -1.16. The van der Waals surface area contributed by atoms with Crippen LogP contribution in [-0.2, 0) is 17.8 Å². The fourth-order valence-electron chi connectivity index (χ4n) is 1.03. The molecule has 0 aliphatic carbocycles. The normalized spacial score (nSPS) is 12.8. The summed E-state index contributed by atoms with van der Waals surface area (Å²) in [6.45, 7) is 4.53. The fourth-order valence-corrected chi connectivity index (χ4v) is 1.03. The van der Waals surface area contributed by atoms with Gasteiger partial charge in [-0.1, -0.05) is 0 Å². The molecule has 13 heavy (non-hydrogen) atoms. The van der Waals surface area contributed by atoms with Crippen LogP contribution >= 0.6 is 0 Å². The van der Waals surface area contributed by atoms with E-state index in [0.29, 0.717) is 6.42 Å². The van der Waals surface area contributed by atoms with E-state index in [1.807, 2.05) is 13.1 Å². The monoisotopic (exact) mass is 181 g/mol. The first-order chi connectivity index (χ1) is 6.13. The Bertz CT molecular complexity index is 291. The van der Waals surface area contributed by atoms with Crippen molar-refractivity contribution in [2.45, 2.75) is 32.9 Å². The van der Waals surface area contributed by atoms with E-state index in [-0.39, 0.29) is 11.8 Å². The molecular formula is C9H15N3O. The van der Waals surface area contributed by atoms with Crippen LogP contribution in [0.25, 0.3) is 0 Å². The highest BCUT2D eigenvalue weighted by Gasteiger charge is 2.09. The molecule has 2 N–H and O–H groups in total. The number of carbonyl (C=O) groups is 1. The predicted molar refractivity (Wildman–Crippen MR) is 50.3 cm³/mol. The van der Waals surface area contributed by atoms with Gasteiger partial charge in [0, 0.05) is 19.2 Å². The zero-order valence-corrected chi connectivity index (χ0v) is 8.03. The van der Waals surface area contributed by atoms with Gasteiger partial charge in [-0.05, 0) is 19.4 Å². The number of nitrogens with zero attached hydrogens (tertiary/aromatic N) is 2. The lowest BCUT2D eigenvalue weighted by Gasteiger charge is -2.00. The molecule has 1 rings (SSSR count). The van der Waals surface area contributed by atoms with E-state index in [1.54, 1.807) is 17.8 Å². The first kappa shape index (κ1) is 9.92. The third-order valence-electron chi connectivity index (χ3n) is 1.90. The number of aromatic nitrogens is 2.